The molecule has 2 aromatic carbocycles. The lowest BCUT2D eigenvalue weighted by Crippen LogP contribution is -2.49. The van der Waals surface area contributed by atoms with E-state index in [9.17, 15) is 4.79 Å². The Morgan fingerprint density at radius 1 is 0.897 bits per heavy atom. The van der Waals surface area contributed by atoms with E-state index in [-0.39, 0.29) is 11.9 Å². The maximum absolute atomic E-state index is 14.2. The number of anilines is 2. The number of thioether (sulfide) groups is 1. The minimum atomic E-state index is -0.772. The Balaban J connectivity index is 1.28. The van der Waals surface area contributed by atoms with Gasteiger partial charge in [0, 0.05) is 31.7 Å². The second kappa shape index (κ2) is 12.4. The predicted molar refractivity (Wildman–Crippen MR) is 163 cm³/mol. The molecule has 3 aromatic rings. The monoisotopic (exact) mass is 543 g/mol. The molecule has 0 bridgehead atoms. The van der Waals surface area contributed by atoms with E-state index in [1.165, 1.54) is 24.1 Å². The summed E-state index contributed by atoms with van der Waals surface area (Å²) in [5, 5.41) is 7.10. The van der Waals surface area contributed by atoms with Crippen LogP contribution in [0, 0.1) is 0 Å². The van der Waals surface area contributed by atoms with Crippen LogP contribution >= 0.6 is 11.8 Å². The first kappa shape index (κ1) is 27.5. The Kier molecular flexibility index (Phi) is 8.75. The Labute approximate surface area is 237 Å². The van der Waals surface area contributed by atoms with Crippen molar-refractivity contribution < 1.29 is 4.79 Å². The molecule has 1 fully saturated rings. The van der Waals surface area contributed by atoms with Gasteiger partial charge in [-0.05, 0) is 68.2 Å². The summed E-state index contributed by atoms with van der Waals surface area (Å²) >= 11 is 1.70. The van der Waals surface area contributed by atoms with Crippen LogP contribution in [0.1, 0.15) is 67.8 Å². The number of fused-ring (bicyclic) bond motifs is 1. The van der Waals surface area contributed by atoms with Crippen LogP contribution in [0.4, 0.5) is 11.8 Å². The van der Waals surface area contributed by atoms with Crippen LogP contribution in [0.5, 0.6) is 0 Å². The molecule has 0 unspecified atom stereocenters. The average molecular weight is 544 g/mol. The molecule has 0 saturated heterocycles. The number of nitrogens with one attached hydrogen (secondary N) is 2. The molecule has 206 valence electrons. The van der Waals surface area contributed by atoms with Gasteiger partial charge >= 0.3 is 0 Å². The molecule has 6 nitrogen and oxygen atoms in total. The number of rotatable bonds is 9. The first-order valence-corrected chi connectivity index (χ1v) is 15.4. The molecule has 1 amide bonds. The molecule has 2 aliphatic carbocycles. The highest BCUT2D eigenvalue weighted by Crippen LogP contribution is 2.43. The largest absolute Gasteiger partial charge is 0.362 e. The van der Waals surface area contributed by atoms with E-state index >= 15 is 0 Å². The summed E-state index contributed by atoms with van der Waals surface area (Å²) < 4.78 is -0.772. The van der Waals surface area contributed by atoms with Crippen molar-refractivity contribution in [2.45, 2.75) is 75.1 Å². The van der Waals surface area contributed by atoms with Gasteiger partial charge in [0.15, 0.2) is 0 Å². The summed E-state index contributed by atoms with van der Waals surface area (Å²) in [6.07, 6.45) is 8.35. The lowest BCUT2D eigenvalue weighted by molar-refractivity contribution is -0.123. The smallest absolute Gasteiger partial charge is 0.245 e. The number of hydrogen-bond donors (Lipinski definition) is 2. The second-order valence-electron chi connectivity index (χ2n) is 10.9. The van der Waals surface area contributed by atoms with Gasteiger partial charge in [0.05, 0.1) is 5.69 Å². The minimum absolute atomic E-state index is 0.0804. The molecule has 7 heteroatoms. The van der Waals surface area contributed by atoms with Crippen molar-refractivity contribution in [3.63, 3.8) is 0 Å². The Bertz CT molecular complexity index is 1200. The molecular weight excluding hydrogens is 502 g/mol. The number of aromatic nitrogens is 2. The van der Waals surface area contributed by atoms with E-state index in [1.54, 1.807) is 11.8 Å². The zero-order valence-corrected chi connectivity index (χ0v) is 24.3. The van der Waals surface area contributed by atoms with E-state index in [2.05, 4.69) is 60.8 Å². The first-order valence-electron chi connectivity index (χ1n) is 14.4. The number of hydrogen-bond acceptors (Lipinski definition) is 6. The van der Waals surface area contributed by atoms with Crippen molar-refractivity contribution in [1.82, 2.24) is 15.3 Å². The van der Waals surface area contributed by atoms with Gasteiger partial charge in [0.2, 0.25) is 11.9 Å². The SMILES string of the molecule is CCSC(C(=O)N[C@H]1CC[C@@H](Nc2nc3c(c(N(C)C)n2)CCCC3)CC1)(c1ccccc1)c1ccccc1. The molecular formula is C32H41N5OS. The number of amides is 1. The Morgan fingerprint density at radius 2 is 1.49 bits per heavy atom. The van der Waals surface area contributed by atoms with Crippen LogP contribution < -0.4 is 15.5 Å². The molecule has 5 rings (SSSR count). The number of aryl methyl sites for hydroxylation is 1. The van der Waals surface area contributed by atoms with Crippen molar-refractivity contribution in [2.75, 3.05) is 30.1 Å². The van der Waals surface area contributed by atoms with Crippen LogP contribution in [0.25, 0.3) is 0 Å². The minimum Gasteiger partial charge on any atom is -0.362 e. The fourth-order valence-electron chi connectivity index (χ4n) is 6.08. The molecule has 39 heavy (non-hydrogen) atoms. The van der Waals surface area contributed by atoms with E-state index in [0.717, 1.165) is 67.2 Å². The third-order valence-electron chi connectivity index (χ3n) is 8.02. The summed E-state index contributed by atoms with van der Waals surface area (Å²) in [4.78, 5) is 26.1. The van der Waals surface area contributed by atoms with E-state index < -0.39 is 4.75 Å². The first-order chi connectivity index (χ1) is 19.0. The molecule has 1 heterocycles. The topological polar surface area (TPSA) is 70.2 Å². The van der Waals surface area contributed by atoms with E-state index in [4.69, 9.17) is 9.97 Å². The molecule has 0 aliphatic heterocycles. The number of carbonyl (C=O) groups excluding carboxylic acids is 1. The molecule has 2 N–H and O–H groups in total. The van der Waals surface area contributed by atoms with Gasteiger partial charge in [-0.3, -0.25) is 4.79 Å². The van der Waals surface area contributed by atoms with Gasteiger partial charge in [-0.15, -0.1) is 11.8 Å². The normalized spacial score (nSPS) is 19.2. The number of benzene rings is 2. The van der Waals surface area contributed by atoms with Crippen molar-refractivity contribution in [2.24, 2.45) is 0 Å². The van der Waals surface area contributed by atoms with E-state index in [1.807, 2.05) is 36.4 Å². The molecule has 2 aliphatic rings. The Hall–Kier alpha value is -3.06. The van der Waals surface area contributed by atoms with Gasteiger partial charge in [-0.1, -0.05) is 67.6 Å². The number of nitrogens with zero attached hydrogens (tertiary/aromatic N) is 3. The van der Waals surface area contributed by atoms with Crippen LogP contribution in [-0.4, -0.2) is 47.8 Å². The highest BCUT2D eigenvalue weighted by Gasteiger charge is 2.43. The maximum Gasteiger partial charge on any atom is 0.245 e. The zero-order chi connectivity index (χ0) is 27.2. The third-order valence-corrected chi connectivity index (χ3v) is 9.40. The fraction of sp³-hybridized carbons (Fsp3) is 0.469. The molecule has 0 atom stereocenters. The highest BCUT2D eigenvalue weighted by molar-refractivity contribution is 8.01. The lowest BCUT2D eigenvalue weighted by Gasteiger charge is -2.36. The fourth-order valence-corrected chi connectivity index (χ4v) is 7.31. The summed E-state index contributed by atoms with van der Waals surface area (Å²) in [7, 11) is 4.13. The average Bonchev–Trinajstić information content (AvgIpc) is 2.97. The summed E-state index contributed by atoms with van der Waals surface area (Å²) in [5.41, 5.74) is 4.57. The van der Waals surface area contributed by atoms with Gasteiger partial charge in [0.25, 0.3) is 0 Å². The van der Waals surface area contributed by atoms with Crippen molar-refractivity contribution >= 4 is 29.4 Å². The maximum atomic E-state index is 14.2. The highest BCUT2D eigenvalue weighted by atomic mass is 32.2. The van der Waals surface area contributed by atoms with Crippen LogP contribution in [0.2, 0.25) is 0 Å². The standard InChI is InChI=1S/C32H41N5OS/c1-4-39-32(23-13-7-5-8-14-23,24-15-9-6-10-16-24)30(38)33-25-19-21-26(22-20-25)34-31-35-28-18-12-11-17-27(28)29(36-31)37(2)3/h5-10,13-16,25-26H,4,11-12,17-22H2,1-3H3,(H,33,38)(H,34,35,36)/t25-,26+. The second-order valence-corrected chi connectivity index (χ2v) is 12.4. The Morgan fingerprint density at radius 3 is 2.08 bits per heavy atom. The van der Waals surface area contributed by atoms with Crippen LogP contribution in [-0.2, 0) is 22.4 Å². The lowest BCUT2D eigenvalue weighted by atomic mass is 9.87. The predicted octanol–water partition coefficient (Wildman–Crippen LogP) is 5.96. The summed E-state index contributed by atoms with van der Waals surface area (Å²) in [5.74, 6) is 2.72. The van der Waals surface area contributed by atoms with Gasteiger partial charge < -0.3 is 15.5 Å². The molecule has 0 spiro atoms. The van der Waals surface area contributed by atoms with Crippen molar-refractivity contribution in [3.05, 3.63) is 83.0 Å². The van der Waals surface area contributed by atoms with E-state index in [0.29, 0.717) is 6.04 Å². The molecule has 1 aromatic heterocycles. The molecule has 0 radical (unpaired) electrons. The third kappa shape index (κ3) is 5.93. The van der Waals surface area contributed by atoms with Gasteiger partial charge in [-0.25, -0.2) is 4.98 Å². The quantitative estimate of drug-likeness (QED) is 0.347. The molecule has 1 saturated carbocycles. The van der Waals surface area contributed by atoms with Crippen molar-refractivity contribution in [1.29, 1.82) is 0 Å². The van der Waals surface area contributed by atoms with Gasteiger partial charge in [-0.2, -0.15) is 4.98 Å². The van der Waals surface area contributed by atoms with Crippen LogP contribution in [0.3, 0.4) is 0 Å². The van der Waals surface area contributed by atoms with Crippen LogP contribution in [0.15, 0.2) is 60.7 Å². The summed E-state index contributed by atoms with van der Waals surface area (Å²) in [6, 6.07) is 20.9. The number of carbonyl (C=O) groups is 1. The summed E-state index contributed by atoms with van der Waals surface area (Å²) in [6.45, 7) is 2.12. The van der Waals surface area contributed by atoms with Gasteiger partial charge in [0.1, 0.15) is 10.6 Å². The zero-order valence-electron chi connectivity index (χ0n) is 23.5. The van der Waals surface area contributed by atoms with Crippen molar-refractivity contribution in [3.8, 4) is 0 Å².